The average molecular weight is 1040 g/mol. The van der Waals surface area contributed by atoms with Gasteiger partial charge in [-0.3, -0.25) is 0 Å². The second-order valence-electron chi connectivity index (χ2n) is 27.1. The van der Waals surface area contributed by atoms with E-state index in [0.29, 0.717) is 33.6 Å². The van der Waals surface area contributed by atoms with Gasteiger partial charge in [0, 0.05) is 50.4 Å². The maximum atomic E-state index is 6.10. The highest BCUT2D eigenvalue weighted by atomic mass is 32.1. The molecule has 0 saturated heterocycles. The summed E-state index contributed by atoms with van der Waals surface area (Å²) in [6, 6.07) is 17.4. The van der Waals surface area contributed by atoms with Crippen molar-refractivity contribution >= 4 is 34.0 Å². The predicted octanol–water partition coefficient (Wildman–Crippen LogP) is 17.7. The van der Waals surface area contributed by atoms with Crippen molar-refractivity contribution in [3.8, 4) is 0 Å². The lowest BCUT2D eigenvalue weighted by molar-refractivity contribution is 0.302. The summed E-state index contributed by atoms with van der Waals surface area (Å²) in [5.41, 5.74) is 40.2. The Bertz CT molecular complexity index is 1790. The molecule has 5 aromatic rings. The molecule has 0 aliphatic rings. The van der Waals surface area contributed by atoms with Crippen LogP contribution in [-0.4, -0.2) is 6.04 Å². The molecule has 5 aromatic heterocycles. The van der Waals surface area contributed by atoms with Gasteiger partial charge in [-0.15, -0.1) is 22.7 Å². The minimum Gasteiger partial charge on any atom is -0.472 e. The molecule has 12 N–H and O–H groups in total. The first-order valence-electron chi connectivity index (χ1n) is 25.9. The average Bonchev–Trinajstić information content (AvgIpc) is 4.03. The van der Waals surface area contributed by atoms with Crippen LogP contribution in [0.3, 0.4) is 0 Å². The van der Waals surface area contributed by atoms with Gasteiger partial charge in [0.15, 0.2) is 0 Å². The van der Waals surface area contributed by atoms with Gasteiger partial charge in [0.05, 0.1) is 24.8 Å². The summed E-state index contributed by atoms with van der Waals surface area (Å²) < 4.78 is 10.2. The van der Waals surface area contributed by atoms with Crippen molar-refractivity contribution in [2.75, 3.05) is 0 Å². The summed E-state index contributed by atoms with van der Waals surface area (Å²) in [7, 11) is 0. The smallest absolute Gasteiger partial charge is 0.120 e. The Morgan fingerprint density at radius 1 is 0.465 bits per heavy atom. The molecule has 0 aliphatic heterocycles. The lowest BCUT2D eigenvalue weighted by atomic mass is 9.85. The van der Waals surface area contributed by atoms with E-state index in [1.54, 1.807) is 41.5 Å². The zero-order chi connectivity index (χ0) is 55.2. The Balaban J connectivity index is 0.000000830. The summed E-state index contributed by atoms with van der Waals surface area (Å²) in [5, 5.41) is 6.30. The largest absolute Gasteiger partial charge is 0.472 e. The van der Waals surface area contributed by atoms with Crippen LogP contribution >= 0.6 is 34.0 Å². The molecule has 0 aromatic carbocycles. The van der Waals surface area contributed by atoms with Gasteiger partial charge in [-0.1, -0.05) is 145 Å². The number of aryl methyl sites for hydroxylation is 1. The van der Waals surface area contributed by atoms with E-state index in [1.165, 1.54) is 20.2 Å². The van der Waals surface area contributed by atoms with Crippen molar-refractivity contribution in [2.45, 2.75) is 220 Å². The van der Waals surface area contributed by atoms with Gasteiger partial charge >= 0.3 is 0 Å². The monoisotopic (exact) mass is 1040 g/mol. The normalized spacial score (nSPS) is 14.8. The Labute approximate surface area is 448 Å². The minimum atomic E-state index is 0.0278. The van der Waals surface area contributed by atoms with Crippen molar-refractivity contribution in [3.05, 3.63) is 115 Å². The van der Waals surface area contributed by atoms with Crippen LogP contribution in [0.15, 0.2) is 92.3 Å². The lowest BCUT2D eigenvalue weighted by Crippen LogP contribution is -2.31. The van der Waals surface area contributed by atoms with E-state index in [1.807, 2.05) is 29.5 Å². The Kier molecular flexibility index (Phi) is 30.2. The highest BCUT2D eigenvalue weighted by molar-refractivity contribution is 7.12. The molecule has 0 spiro atoms. The molecule has 11 heteroatoms. The van der Waals surface area contributed by atoms with E-state index < -0.39 is 0 Å². The van der Waals surface area contributed by atoms with Crippen molar-refractivity contribution in [2.24, 2.45) is 72.8 Å². The first kappa shape index (κ1) is 68.4. The molecule has 0 aliphatic carbocycles. The van der Waals surface area contributed by atoms with Gasteiger partial charge in [0.2, 0.25) is 0 Å². The number of furan rings is 2. The topological polar surface area (TPSA) is 182 Å². The number of hydrogen-bond donors (Lipinski definition) is 6. The standard InChI is InChI=1S/C11H19NS.2C10H17NO.2C10H17NS.C9H21N/c1-8-5-6-10(13-8)9(12)7-11(2,3)4;1-10(2,3)6-9(11)8-4-5-12-7-8;1-10(2,3)7-8(11)9-5-4-6-12-9;1-10(2,3)6-9(11)8-4-5-12-7-8;1-10(2,3)7-8(11)9-5-4-6-12-9;1-7(2)8(10)6-9(3,4)5/h5-6,9H,7,12H2,1-4H3;4-5,7,9H,6,11H2,1-3H3;4-6,8H,7,11H2,1-3H3;4-5,7,9H,6,11H2,1-3H3;4-6,8H,7,11H2,1-3H3;7-8H,6,10H2,1-5H3. The van der Waals surface area contributed by atoms with Gasteiger partial charge in [-0.05, 0) is 148 Å². The highest BCUT2D eigenvalue weighted by Gasteiger charge is 2.22. The zero-order valence-corrected chi connectivity index (χ0v) is 51.3. The Hall–Kier alpha value is -2.58. The molecule has 5 heterocycles. The minimum absolute atomic E-state index is 0.0278. The van der Waals surface area contributed by atoms with Gasteiger partial charge in [-0.25, -0.2) is 0 Å². The molecule has 0 fully saturated rings. The molecule has 71 heavy (non-hydrogen) atoms. The molecule has 0 bridgehead atoms. The van der Waals surface area contributed by atoms with Crippen LogP contribution < -0.4 is 34.4 Å². The van der Waals surface area contributed by atoms with Crippen molar-refractivity contribution in [1.82, 2.24) is 0 Å². The van der Waals surface area contributed by atoms with Gasteiger partial charge < -0.3 is 43.2 Å². The number of rotatable bonds is 12. The molecular formula is C60H108N6O2S3. The summed E-state index contributed by atoms with van der Waals surface area (Å²) in [6.07, 6.45) is 11.2. The molecule has 0 amide bonds. The molecule has 408 valence electrons. The van der Waals surface area contributed by atoms with Crippen LogP contribution in [0.5, 0.6) is 0 Å². The van der Waals surface area contributed by atoms with Crippen LogP contribution in [0.25, 0.3) is 0 Å². The summed E-state index contributed by atoms with van der Waals surface area (Å²) >= 11 is 5.27. The molecule has 0 saturated carbocycles. The molecule has 6 unspecified atom stereocenters. The number of nitrogens with two attached hydrogens (primary N) is 6. The van der Waals surface area contributed by atoms with Crippen molar-refractivity contribution in [1.29, 1.82) is 0 Å². The van der Waals surface area contributed by atoms with Gasteiger partial charge in [0.25, 0.3) is 0 Å². The van der Waals surface area contributed by atoms with Crippen LogP contribution in [0.4, 0.5) is 0 Å². The van der Waals surface area contributed by atoms with Crippen molar-refractivity contribution < 1.29 is 8.83 Å². The summed E-state index contributed by atoms with van der Waals surface area (Å²) in [4.78, 5) is 3.96. The van der Waals surface area contributed by atoms with Crippen LogP contribution in [0.2, 0.25) is 0 Å². The van der Waals surface area contributed by atoms with Crippen LogP contribution in [0.1, 0.15) is 239 Å². The van der Waals surface area contributed by atoms with Gasteiger partial charge in [0.1, 0.15) is 5.76 Å². The molecule has 5 rings (SSSR count). The summed E-state index contributed by atoms with van der Waals surface area (Å²) in [5.74, 6) is 1.49. The molecular weight excluding hydrogens is 933 g/mol. The lowest BCUT2D eigenvalue weighted by Gasteiger charge is -2.25. The third kappa shape index (κ3) is 36.9. The maximum absolute atomic E-state index is 6.10. The molecule has 8 nitrogen and oxygen atoms in total. The van der Waals surface area contributed by atoms with Crippen LogP contribution in [-0.2, 0) is 0 Å². The first-order chi connectivity index (χ1) is 32.2. The predicted molar refractivity (Wildman–Crippen MR) is 317 cm³/mol. The van der Waals surface area contributed by atoms with E-state index >= 15 is 0 Å². The fourth-order valence-corrected chi connectivity index (χ4v) is 9.74. The zero-order valence-electron chi connectivity index (χ0n) is 48.9. The van der Waals surface area contributed by atoms with Gasteiger partial charge in [-0.2, -0.15) is 11.3 Å². The van der Waals surface area contributed by atoms with Crippen LogP contribution in [0, 0.1) is 45.3 Å². The van der Waals surface area contributed by atoms with E-state index in [2.05, 4.69) is 192 Å². The fraction of sp³-hybridized carbons (Fsp3) is 0.667. The highest BCUT2D eigenvalue weighted by Crippen LogP contribution is 2.33. The Morgan fingerprint density at radius 2 is 0.930 bits per heavy atom. The fourth-order valence-electron chi connectivity index (χ4n) is 7.41. The SMILES string of the molecule is CC(C)(C)CC(N)c1ccco1.CC(C)(C)CC(N)c1cccs1.CC(C)(C)CC(N)c1ccoc1.CC(C)(C)CC(N)c1ccsc1.CC(C)C(N)CC(C)(C)C.Cc1ccc(C(N)CC(C)(C)C)s1. The van der Waals surface area contributed by atoms with E-state index in [4.69, 9.17) is 43.2 Å². The number of thiophene rings is 3. The third-order valence-electron chi connectivity index (χ3n) is 10.8. The molecule has 6 atom stereocenters. The Morgan fingerprint density at radius 3 is 1.27 bits per heavy atom. The van der Waals surface area contributed by atoms with E-state index in [0.717, 1.165) is 49.8 Å². The second kappa shape index (κ2) is 31.3. The third-order valence-corrected chi connectivity index (χ3v) is 13.6. The first-order valence-corrected chi connectivity index (χ1v) is 28.5. The number of hydrogen-bond acceptors (Lipinski definition) is 11. The second-order valence-corrected chi connectivity index (χ2v) is 30.2. The molecule has 0 radical (unpaired) electrons. The van der Waals surface area contributed by atoms with E-state index in [-0.39, 0.29) is 41.0 Å². The maximum Gasteiger partial charge on any atom is 0.120 e. The van der Waals surface area contributed by atoms with E-state index in [9.17, 15) is 0 Å². The van der Waals surface area contributed by atoms with Crippen molar-refractivity contribution in [3.63, 3.8) is 0 Å². The quantitative estimate of drug-likeness (QED) is 0.0714. The summed E-state index contributed by atoms with van der Waals surface area (Å²) in [6.45, 7) is 46.3.